The van der Waals surface area contributed by atoms with Gasteiger partial charge >= 0.3 is 6.09 Å². The molecule has 4 heteroatoms. The minimum absolute atomic E-state index is 0.177. The van der Waals surface area contributed by atoms with E-state index >= 15 is 0 Å². The molecule has 0 aliphatic carbocycles. The highest BCUT2D eigenvalue weighted by Crippen LogP contribution is 2.39. The van der Waals surface area contributed by atoms with Gasteiger partial charge in [0.15, 0.2) is 0 Å². The zero-order chi connectivity index (χ0) is 12.6. The Labute approximate surface area is 103 Å². The molecule has 3 atom stereocenters. The number of piperidine rings is 1. The zero-order valence-corrected chi connectivity index (χ0v) is 11.0. The van der Waals surface area contributed by atoms with Crippen molar-refractivity contribution in [2.75, 3.05) is 6.61 Å². The average molecular weight is 241 g/mol. The van der Waals surface area contributed by atoms with Gasteiger partial charge in [-0.1, -0.05) is 0 Å². The SMILES string of the molecule is CC(C)(C)OC(=O)N1[C@H]2CCC(CO)[C@@H]1CC2. The standard InChI is InChI=1S/C13H23NO3/c1-13(2,3)17-12(16)14-10-5-4-9(8-15)11(14)7-6-10/h9-11,15H,4-8H2,1-3H3/t9?,10-,11-/m0/s1. The van der Waals surface area contributed by atoms with Crippen LogP contribution >= 0.6 is 0 Å². The molecule has 0 aromatic carbocycles. The Kier molecular flexibility index (Phi) is 3.34. The van der Waals surface area contributed by atoms with Gasteiger partial charge in [-0.2, -0.15) is 0 Å². The van der Waals surface area contributed by atoms with Crippen LogP contribution in [0.1, 0.15) is 46.5 Å². The smallest absolute Gasteiger partial charge is 0.410 e. The van der Waals surface area contributed by atoms with E-state index in [-0.39, 0.29) is 24.7 Å². The van der Waals surface area contributed by atoms with Gasteiger partial charge in [0.1, 0.15) is 5.60 Å². The molecule has 2 bridgehead atoms. The van der Waals surface area contributed by atoms with E-state index in [1.165, 1.54) is 0 Å². The van der Waals surface area contributed by atoms with E-state index in [1.807, 2.05) is 25.7 Å². The molecule has 1 amide bonds. The molecular weight excluding hydrogens is 218 g/mol. The predicted octanol–water partition coefficient (Wildman–Crippen LogP) is 2.16. The van der Waals surface area contributed by atoms with Crippen LogP contribution in [-0.2, 0) is 4.74 Å². The summed E-state index contributed by atoms with van der Waals surface area (Å²) in [5, 5.41) is 9.36. The van der Waals surface area contributed by atoms with Crippen LogP contribution in [0.3, 0.4) is 0 Å². The van der Waals surface area contributed by atoms with Crippen molar-refractivity contribution in [1.29, 1.82) is 0 Å². The topological polar surface area (TPSA) is 49.8 Å². The van der Waals surface area contributed by atoms with Crippen molar-refractivity contribution in [3.8, 4) is 0 Å². The molecule has 17 heavy (non-hydrogen) atoms. The molecular formula is C13H23NO3. The Morgan fingerprint density at radius 1 is 1.29 bits per heavy atom. The van der Waals surface area contributed by atoms with Crippen molar-refractivity contribution in [2.24, 2.45) is 5.92 Å². The molecule has 0 aromatic rings. The molecule has 4 nitrogen and oxygen atoms in total. The van der Waals surface area contributed by atoms with Crippen LogP contribution in [0.25, 0.3) is 0 Å². The highest BCUT2D eigenvalue weighted by Gasteiger charge is 2.45. The number of rotatable bonds is 1. The average Bonchev–Trinajstić information content (AvgIpc) is 2.52. The summed E-state index contributed by atoms with van der Waals surface area (Å²) in [6, 6.07) is 0.520. The first-order valence-corrected chi connectivity index (χ1v) is 6.54. The van der Waals surface area contributed by atoms with E-state index in [0.717, 1.165) is 25.7 Å². The van der Waals surface area contributed by atoms with Crippen molar-refractivity contribution >= 4 is 6.09 Å². The lowest BCUT2D eigenvalue weighted by molar-refractivity contribution is -0.00717. The van der Waals surface area contributed by atoms with Crippen molar-refractivity contribution in [2.45, 2.75) is 64.1 Å². The fourth-order valence-electron chi connectivity index (χ4n) is 3.07. The third-order valence-electron chi connectivity index (χ3n) is 3.80. The summed E-state index contributed by atoms with van der Waals surface area (Å²) in [4.78, 5) is 14.0. The van der Waals surface area contributed by atoms with Crippen molar-refractivity contribution < 1.29 is 14.6 Å². The largest absolute Gasteiger partial charge is 0.444 e. The number of aliphatic hydroxyl groups is 1. The maximum Gasteiger partial charge on any atom is 0.410 e. The Morgan fingerprint density at radius 3 is 2.53 bits per heavy atom. The van der Waals surface area contributed by atoms with Gasteiger partial charge in [0, 0.05) is 24.6 Å². The summed E-state index contributed by atoms with van der Waals surface area (Å²) in [6.45, 7) is 5.84. The minimum atomic E-state index is -0.442. The Hall–Kier alpha value is -0.770. The normalized spacial score (nSPS) is 32.7. The number of carbonyl (C=O) groups excluding carboxylic acids is 1. The predicted molar refractivity (Wildman–Crippen MR) is 64.7 cm³/mol. The lowest BCUT2D eigenvalue weighted by Crippen LogP contribution is -2.50. The quantitative estimate of drug-likeness (QED) is 0.765. The fraction of sp³-hybridized carbons (Fsp3) is 0.923. The van der Waals surface area contributed by atoms with E-state index in [9.17, 15) is 9.90 Å². The number of fused-ring (bicyclic) bond motifs is 2. The summed E-state index contributed by atoms with van der Waals surface area (Å²) in [5.74, 6) is 0.237. The molecule has 2 fully saturated rings. The van der Waals surface area contributed by atoms with Crippen molar-refractivity contribution in [1.82, 2.24) is 4.90 Å². The Bertz CT molecular complexity index is 298. The van der Waals surface area contributed by atoms with E-state index in [0.29, 0.717) is 6.04 Å². The van der Waals surface area contributed by atoms with Crippen molar-refractivity contribution in [3.05, 3.63) is 0 Å². The second kappa shape index (κ2) is 4.48. The molecule has 0 spiro atoms. The number of carbonyl (C=O) groups is 1. The van der Waals surface area contributed by atoms with Gasteiger partial charge in [0.05, 0.1) is 0 Å². The first-order valence-electron chi connectivity index (χ1n) is 6.54. The molecule has 2 saturated heterocycles. The number of aliphatic hydroxyl groups excluding tert-OH is 1. The third-order valence-corrected chi connectivity index (χ3v) is 3.80. The number of amides is 1. The lowest BCUT2D eigenvalue weighted by Gasteiger charge is -2.39. The maximum atomic E-state index is 12.2. The second-order valence-electron chi connectivity index (χ2n) is 6.21. The maximum absolute atomic E-state index is 12.2. The van der Waals surface area contributed by atoms with Crippen LogP contribution in [0.5, 0.6) is 0 Å². The first kappa shape index (κ1) is 12.7. The monoisotopic (exact) mass is 241 g/mol. The first-order chi connectivity index (χ1) is 7.92. The van der Waals surface area contributed by atoms with Gasteiger partial charge in [-0.05, 0) is 46.5 Å². The molecule has 2 aliphatic heterocycles. The summed E-state index contributed by atoms with van der Waals surface area (Å²) < 4.78 is 5.46. The zero-order valence-electron chi connectivity index (χ0n) is 11.0. The Balaban J connectivity index is 2.07. The molecule has 2 aliphatic rings. The number of hydrogen-bond donors (Lipinski definition) is 1. The van der Waals surface area contributed by atoms with Crippen molar-refractivity contribution in [3.63, 3.8) is 0 Å². The van der Waals surface area contributed by atoms with Crippen LogP contribution in [-0.4, -0.2) is 40.4 Å². The summed E-state index contributed by atoms with van der Waals surface area (Å²) in [7, 11) is 0. The summed E-state index contributed by atoms with van der Waals surface area (Å²) >= 11 is 0. The Morgan fingerprint density at radius 2 is 1.94 bits per heavy atom. The van der Waals surface area contributed by atoms with Gasteiger partial charge in [-0.15, -0.1) is 0 Å². The highest BCUT2D eigenvalue weighted by atomic mass is 16.6. The van der Waals surface area contributed by atoms with Crippen LogP contribution in [0, 0.1) is 5.92 Å². The summed E-state index contributed by atoms with van der Waals surface area (Å²) in [6.07, 6.45) is 3.89. The molecule has 0 radical (unpaired) electrons. The lowest BCUT2D eigenvalue weighted by atomic mass is 9.91. The molecule has 2 rings (SSSR count). The van der Waals surface area contributed by atoms with Crippen LogP contribution in [0.2, 0.25) is 0 Å². The number of nitrogens with zero attached hydrogens (tertiary/aromatic N) is 1. The van der Waals surface area contributed by atoms with Crippen LogP contribution < -0.4 is 0 Å². The summed E-state index contributed by atoms with van der Waals surface area (Å²) in [5.41, 5.74) is -0.442. The number of ether oxygens (including phenoxy) is 1. The molecule has 0 saturated carbocycles. The minimum Gasteiger partial charge on any atom is -0.444 e. The van der Waals surface area contributed by atoms with Gasteiger partial charge in [-0.3, -0.25) is 0 Å². The third kappa shape index (κ3) is 2.57. The molecule has 2 heterocycles. The van der Waals surface area contributed by atoms with Gasteiger partial charge in [-0.25, -0.2) is 4.79 Å². The number of hydrogen-bond acceptors (Lipinski definition) is 3. The fourth-order valence-corrected chi connectivity index (χ4v) is 3.07. The molecule has 0 aromatic heterocycles. The van der Waals surface area contributed by atoms with E-state index in [1.54, 1.807) is 0 Å². The molecule has 1 N–H and O–H groups in total. The second-order valence-corrected chi connectivity index (χ2v) is 6.21. The molecule has 98 valence electrons. The van der Waals surface area contributed by atoms with Crippen LogP contribution in [0.15, 0.2) is 0 Å². The van der Waals surface area contributed by atoms with E-state index < -0.39 is 5.60 Å². The van der Waals surface area contributed by atoms with Gasteiger partial charge < -0.3 is 14.7 Å². The van der Waals surface area contributed by atoms with Crippen LogP contribution in [0.4, 0.5) is 4.79 Å². The highest BCUT2D eigenvalue weighted by molar-refractivity contribution is 5.69. The van der Waals surface area contributed by atoms with E-state index in [2.05, 4.69) is 0 Å². The molecule has 1 unspecified atom stereocenters. The van der Waals surface area contributed by atoms with E-state index in [4.69, 9.17) is 4.74 Å². The van der Waals surface area contributed by atoms with Gasteiger partial charge in [0.25, 0.3) is 0 Å². The van der Waals surface area contributed by atoms with Gasteiger partial charge in [0.2, 0.25) is 0 Å².